The Morgan fingerprint density at radius 3 is 2.71 bits per heavy atom. The average Bonchev–Trinajstić information content (AvgIpc) is 2.11. The number of hydrogen-bond acceptors (Lipinski definition) is 3. The number of ketones is 1. The number of hydrogen-bond donors (Lipinski definition) is 0. The van der Waals surface area contributed by atoms with Crippen LogP contribution >= 0.6 is 0 Å². The predicted octanol–water partition coefficient (Wildman–Crippen LogP) is 1.86. The van der Waals surface area contributed by atoms with Crippen LogP contribution in [0.5, 0.6) is 0 Å². The highest BCUT2D eigenvalue weighted by Gasteiger charge is 2.31. The van der Waals surface area contributed by atoms with E-state index in [2.05, 4.69) is 4.74 Å². The number of allylic oxidation sites excluding steroid dienone is 1. The van der Waals surface area contributed by atoms with Crippen molar-refractivity contribution in [2.24, 2.45) is 5.41 Å². The van der Waals surface area contributed by atoms with Gasteiger partial charge in [0, 0.05) is 11.8 Å². The third-order valence-corrected chi connectivity index (χ3v) is 2.63. The summed E-state index contributed by atoms with van der Waals surface area (Å²) in [4.78, 5) is 21.4. The van der Waals surface area contributed by atoms with E-state index in [1.807, 2.05) is 19.9 Å². The van der Waals surface area contributed by atoms with Gasteiger partial charge in [-0.25, -0.2) is 0 Å². The Kier molecular flexibility index (Phi) is 3.44. The maximum Gasteiger partial charge on any atom is 0.293 e. The fraction of sp³-hybridized carbons (Fsp3) is 0.636. The first-order valence-electron chi connectivity index (χ1n) is 4.83. The molecule has 1 aliphatic rings. The van der Waals surface area contributed by atoms with Crippen LogP contribution in [-0.2, 0) is 14.3 Å². The molecule has 1 aliphatic carbocycles. The van der Waals surface area contributed by atoms with E-state index in [0.717, 1.165) is 12.8 Å². The van der Waals surface area contributed by atoms with Crippen molar-refractivity contribution in [1.82, 2.24) is 0 Å². The average molecular weight is 196 g/mol. The van der Waals surface area contributed by atoms with Crippen LogP contribution in [0.25, 0.3) is 0 Å². The molecule has 0 amide bonds. The van der Waals surface area contributed by atoms with Gasteiger partial charge in [0.1, 0.15) is 12.4 Å². The first kappa shape index (κ1) is 11.0. The molecule has 14 heavy (non-hydrogen) atoms. The van der Waals surface area contributed by atoms with E-state index in [-0.39, 0.29) is 5.41 Å². The number of Topliss-reactive ketones (excluding diaryl/α,β-unsaturated/α-hetero) is 1. The molecule has 0 radical (unpaired) electrons. The SMILES string of the molecule is CC1(C)CC(=CCOC=O)CCC1=O. The highest BCUT2D eigenvalue weighted by Crippen LogP contribution is 2.35. The third-order valence-electron chi connectivity index (χ3n) is 2.63. The van der Waals surface area contributed by atoms with Crippen molar-refractivity contribution in [2.45, 2.75) is 33.1 Å². The number of ether oxygens (including phenoxy) is 1. The maximum atomic E-state index is 11.5. The normalized spacial score (nSPS) is 23.6. The zero-order chi connectivity index (χ0) is 10.6. The molecule has 78 valence electrons. The summed E-state index contributed by atoms with van der Waals surface area (Å²) in [6.07, 6.45) is 4.11. The van der Waals surface area contributed by atoms with Crippen molar-refractivity contribution < 1.29 is 14.3 Å². The lowest BCUT2D eigenvalue weighted by atomic mass is 9.74. The summed E-state index contributed by atoms with van der Waals surface area (Å²) in [7, 11) is 0. The van der Waals surface area contributed by atoms with Crippen molar-refractivity contribution in [3.05, 3.63) is 11.6 Å². The van der Waals surface area contributed by atoms with Gasteiger partial charge in [-0.1, -0.05) is 19.4 Å². The van der Waals surface area contributed by atoms with Crippen LogP contribution in [0.3, 0.4) is 0 Å². The monoisotopic (exact) mass is 196 g/mol. The molecule has 1 rings (SSSR count). The van der Waals surface area contributed by atoms with E-state index in [9.17, 15) is 9.59 Å². The van der Waals surface area contributed by atoms with Crippen molar-refractivity contribution in [3.63, 3.8) is 0 Å². The maximum absolute atomic E-state index is 11.5. The summed E-state index contributed by atoms with van der Waals surface area (Å²) in [5.74, 6) is 0.325. The van der Waals surface area contributed by atoms with Gasteiger partial charge in [-0.05, 0) is 18.9 Å². The fourth-order valence-electron chi connectivity index (χ4n) is 1.75. The molecule has 0 atom stereocenters. The van der Waals surface area contributed by atoms with Crippen LogP contribution in [0.1, 0.15) is 33.1 Å². The fourth-order valence-corrected chi connectivity index (χ4v) is 1.75. The largest absolute Gasteiger partial charge is 0.464 e. The summed E-state index contributed by atoms with van der Waals surface area (Å²) >= 11 is 0. The molecule has 0 bridgehead atoms. The molecule has 0 aromatic heterocycles. The van der Waals surface area contributed by atoms with E-state index in [1.165, 1.54) is 5.57 Å². The van der Waals surface area contributed by atoms with E-state index >= 15 is 0 Å². The first-order chi connectivity index (χ1) is 6.56. The Labute approximate surface area is 84.1 Å². The highest BCUT2D eigenvalue weighted by atomic mass is 16.5. The molecule has 0 spiro atoms. The number of carbonyl (C=O) groups is 2. The molecule has 0 aliphatic heterocycles. The van der Waals surface area contributed by atoms with Gasteiger partial charge in [-0.3, -0.25) is 9.59 Å². The highest BCUT2D eigenvalue weighted by molar-refractivity contribution is 5.85. The lowest BCUT2D eigenvalue weighted by Gasteiger charge is -2.29. The zero-order valence-electron chi connectivity index (χ0n) is 8.71. The minimum Gasteiger partial charge on any atom is -0.464 e. The lowest BCUT2D eigenvalue weighted by molar-refractivity contribution is -0.129. The minimum absolute atomic E-state index is 0.245. The van der Waals surface area contributed by atoms with E-state index < -0.39 is 0 Å². The Hall–Kier alpha value is -1.12. The zero-order valence-corrected chi connectivity index (χ0v) is 8.71. The molecule has 1 fully saturated rings. The first-order valence-corrected chi connectivity index (χ1v) is 4.83. The Balaban J connectivity index is 2.54. The quantitative estimate of drug-likeness (QED) is 0.393. The second-order valence-corrected chi connectivity index (χ2v) is 4.28. The van der Waals surface area contributed by atoms with Crippen LogP contribution in [0, 0.1) is 5.41 Å². The Morgan fingerprint density at radius 1 is 1.43 bits per heavy atom. The topological polar surface area (TPSA) is 43.4 Å². The number of rotatable bonds is 3. The molecule has 0 unspecified atom stereocenters. The van der Waals surface area contributed by atoms with Crippen LogP contribution in [0.4, 0.5) is 0 Å². The van der Waals surface area contributed by atoms with Crippen molar-refractivity contribution in [1.29, 1.82) is 0 Å². The second kappa shape index (κ2) is 4.40. The van der Waals surface area contributed by atoms with Crippen LogP contribution in [-0.4, -0.2) is 18.9 Å². The minimum atomic E-state index is -0.245. The molecule has 0 saturated heterocycles. The summed E-state index contributed by atoms with van der Waals surface area (Å²) < 4.78 is 4.59. The van der Waals surface area contributed by atoms with Gasteiger partial charge in [0.05, 0.1) is 0 Å². The van der Waals surface area contributed by atoms with Gasteiger partial charge in [0.25, 0.3) is 6.47 Å². The Bertz CT molecular complexity index is 264. The van der Waals surface area contributed by atoms with E-state index in [4.69, 9.17) is 0 Å². The van der Waals surface area contributed by atoms with Crippen molar-refractivity contribution in [2.75, 3.05) is 6.61 Å². The van der Waals surface area contributed by atoms with Gasteiger partial charge in [0.15, 0.2) is 0 Å². The van der Waals surface area contributed by atoms with Gasteiger partial charge in [-0.2, -0.15) is 0 Å². The molecule has 0 aromatic rings. The van der Waals surface area contributed by atoms with Crippen LogP contribution in [0.2, 0.25) is 0 Å². The molecule has 0 aromatic carbocycles. The molecular formula is C11H16O3. The third kappa shape index (κ3) is 2.69. The molecule has 0 N–H and O–H groups in total. The summed E-state index contributed by atoms with van der Waals surface area (Å²) in [5.41, 5.74) is 0.974. The second-order valence-electron chi connectivity index (χ2n) is 4.28. The van der Waals surface area contributed by atoms with E-state index in [1.54, 1.807) is 0 Å². The Morgan fingerprint density at radius 2 is 2.14 bits per heavy atom. The summed E-state index contributed by atoms with van der Waals surface area (Å²) in [5, 5.41) is 0. The molecule has 0 heterocycles. The molecular weight excluding hydrogens is 180 g/mol. The smallest absolute Gasteiger partial charge is 0.293 e. The van der Waals surface area contributed by atoms with Crippen molar-refractivity contribution in [3.8, 4) is 0 Å². The van der Waals surface area contributed by atoms with Gasteiger partial charge in [0.2, 0.25) is 0 Å². The van der Waals surface area contributed by atoms with Gasteiger partial charge < -0.3 is 4.74 Å². The molecule has 3 heteroatoms. The predicted molar refractivity (Wildman–Crippen MR) is 52.7 cm³/mol. The van der Waals surface area contributed by atoms with E-state index in [0.29, 0.717) is 25.3 Å². The van der Waals surface area contributed by atoms with Crippen LogP contribution in [0.15, 0.2) is 11.6 Å². The number of carbonyl (C=O) groups excluding carboxylic acids is 2. The molecule has 3 nitrogen and oxygen atoms in total. The van der Waals surface area contributed by atoms with Crippen LogP contribution < -0.4 is 0 Å². The standard InChI is InChI=1S/C11H16O3/c1-11(2)7-9(3-4-10(11)13)5-6-14-8-12/h5,8H,3-4,6-7H2,1-2H3. The van der Waals surface area contributed by atoms with Gasteiger partial charge >= 0.3 is 0 Å². The van der Waals surface area contributed by atoms with Gasteiger partial charge in [-0.15, -0.1) is 0 Å². The summed E-state index contributed by atoms with van der Waals surface area (Å²) in [6.45, 7) is 4.69. The molecule has 1 saturated carbocycles. The van der Waals surface area contributed by atoms with Crippen molar-refractivity contribution >= 4 is 12.3 Å². The summed E-state index contributed by atoms with van der Waals surface area (Å²) in [6, 6.07) is 0. The lowest BCUT2D eigenvalue weighted by Crippen LogP contribution is -2.28.